The molecule has 0 heterocycles. The van der Waals surface area contributed by atoms with E-state index in [0.29, 0.717) is 19.6 Å². The van der Waals surface area contributed by atoms with Crippen molar-refractivity contribution in [2.45, 2.75) is 39.4 Å². The Morgan fingerprint density at radius 1 is 1.21 bits per heavy atom. The van der Waals surface area contributed by atoms with Gasteiger partial charge in [0.2, 0.25) is 5.91 Å². The molecule has 1 aromatic rings. The van der Waals surface area contributed by atoms with Gasteiger partial charge in [0, 0.05) is 6.42 Å². The highest BCUT2D eigenvalue weighted by Crippen LogP contribution is 2.10. The summed E-state index contributed by atoms with van der Waals surface area (Å²) in [7, 11) is 0. The van der Waals surface area contributed by atoms with Gasteiger partial charge < -0.3 is 14.8 Å². The number of para-hydroxylation sites is 1. The summed E-state index contributed by atoms with van der Waals surface area (Å²) < 4.78 is 11.0. The lowest BCUT2D eigenvalue weighted by Gasteiger charge is -2.15. The van der Waals surface area contributed by atoms with Crippen molar-refractivity contribution < 1.29 is 14.3 Å². The first kappa shape index (κ1) is 15.5. The fraction of sp³-hybridized carbons (Fsp3) is 0.533. The van der Waals surface area contributed by atoms with E-state index in [4.69, 9.17) is 9.47 Å². The monoisotopic (exact) mass is 265 g/mol. The van der Waals surface area contributed by atoms with E-state index in [1.54, 1.807) is 0 Å². The van der Waals surface area contributed by atoms with Gasteiger partial charge >= 0.3 is 0 Å². The highest BCUT2D eigenvalue weighted by Gasteiger charge is 2.07. The maximum Gasteiger partial charge on any atom is 0.222 e. The Kier molecular flexibility index (Phi) is 6.97. The summed E-state index contributed by atoms with van der Waals surface area (Å²) in [6.07, 6.45) is 0.487. The minimum atomic E-state index is -0.0580. The van der Waals surface area contributed by atoms with Crippen molar-refractivity contribution in [3.05, 3.63) is 30.3 Å². The fourth-order valence-corrected chi connectivity index (χ4v) is 1.51. The van der Waals surface area contributed by atoms with Crippen LogP contribution in [-0.2, 0) is 9.53 Å². The molecule has 0 aliphatic heterocycles. The van der Waals surface area contributed by atoms with Gasteiger partial charge in [-0.05, 0) is 32.9 Å². The van der Waals surface area contributed by atoms with E-state index in [9.17, 15) is 4.79 Å². The third kappa shape index (κ3) is 7.47. The van der Waals surface area contributed by atoms with Crippen LogP contribution in [-0.4, -0.2) is 31.3 Å². The molecule has 0 bridgehead atoms. The maximum absolute atomic E-state index is 11.5. The zero-order chi connectivity index (χ0) is 14.1. The molecule has 0 spiro atoms. The Labute approximate surface area is 115 Å². The average Bonchev–Trinajstić information content (AvgIpc) is 2.37. The fourth-order valence-electron chi connectivity index (χ4n) is 1.51. The number of rotatable bonds is 8. The third-order valence-corrected chi connectivity index (χ3v) is 2.45. The van der Waals surface area contributed by atoms with Gasteiger partial charge in [-0.1, -0.05) is 18.2 Å². The zero-order valence-corrected chi connectivity index (χ0v) is 11.9. The molecule has 4 nitrogen and oxygen atoms in total. The molecule has 0 aliphatic carbocycles. The van der Waals surface area contributed by atoms with Crippen molar-refractivity contribution in [3.63, 3.8) is 0 Å². The summed E-state index contributed by atoms with van der Waals surface area (Å²) in [5.41, 5.74) is 0. The highest BCUT2D eigenvalue weighted by atomic mass is 16.5. The van der Waals surface area contributed by atoms with Crippen molar-refractivity contribution in [3.8, 4) is 5.75 Å². The average molecular weight is 265 g/mol. The molecule has 19 heavy (non-hydrogen) atoms. The van der Waals surface area contributed by atoms with Crippen LogP contribution in [0.25, 0.3) is 0 Å². The van der Waals surface area contributed by atoms with Gasteiger partial charge in [-0.15, -0.1) is 0 Å². The van der Waals surface area contributed by atoms with Crippen LogP contribution >= 0.6 is 0 Å². The number of carbonyl (C=O) groups is 1. The molecule has 0 saturated carbocycles. The van der Waals surface area contributed by atoms with E-state index in [1.807, 2.05) is 51.1 Å². The first-order valence-corrected chi connectivity index (χ1v) is 6.68. The number of ether oxygens (including phenoxy) is 2. The van der Waals surface area contributed by atoms with Crippen molar-refractivity contribution in [2.24, 2.45) is 0 Å². The molecule has 0 aromatic heterocycles. The summed E-state index contributed by atoms with van der Waals surface area (Å²) in [5.74, 6) is 0.802. The van der Waals surface area contributed by atoms with Crippen LogP contribution in [0.3, 0.4) is 0 Å². The second-order valence-corrected chi connectivity index (χ2v) is 4.72. The van der Waals surface area contributed by atoms with Gasteiger partial charge in [-0.3, -0.25) is 4.79 Å². The molecular weight excluding hydrogens is 242 g/mol. The lowest BCUT2D eigenvalue weighted by molar-refractivity contribution is -0.122. The van der Waals surface area contributed by atoms with E-state index >= 15 is 0 Å². The van der Waals surface area contributed by atoms with Crippen LogP contribution < -0.4 is 10.1 Å². The molecule has 0 unspecified atom stereocenters. The van der Waals surface area contributed by atoms with Crippen molar-refractivity contribution in [1.82, 2.24) is 5.32 Å². The molecule has 1 atom stereocenters. The number of benzene rings is 1. The molecule has 0 aliphatic rings. The number of amides is 1. The lowest BCUT2D eigenvalue weighted by atomic mass is 10.3. The Morgan fingerprint density at radius 3 is 2.53 bits per heavy atom. The molecule has 0 saturated heterocycles. The van der Waals surface area contributed by atoms with Crippen LogP contribution in [0.4, 0.5) is 0 Å². The van der Waals surface area contributed by atoms with Gasteiger partial charge in [0.25, 0.3) is 0 Å². The number of nitrogens with one attached hydrogen (secondary N) is 1. The molecule has 0 fully saturated rings. The van der Waals surface area contributed by atoms with Gasteiger partial charge in [0.05, 0.1) is 19.3 Å². The smallest absolute Gasteiger partial charge is 0.222 e. The van der Waals surface area contributed by atoms with Crippen molar-refractivity contribution >= 4 is 5.91 Å². The van der Waals surface area contributed by atoms with E-state index in [2.05, 4.69) is 5.32 Å². The van der Waals surface area contributed by atoms with Gasteiger partial charge in [0.1, 0.15) is 11.9 Å². The van der Waals surface area contributed by atoms with E-state index in [0.717, 1.165) is 5.75 Å². The summed E-state index contributed by atoms with van der Waals surface area (Å²) in [6, 6.07) is 9.57. The normalized spacial score (nSPS) is 12.2. The van der Waals surface area contributed by atoms with Crippen LogP contribution in [0.2, 0.25) is 0 Å². The molecule has 1 amide bonds. The first-order chi connectivity index (χ1) is 9.08. The van der Waals surface area contributed by atoms with E-state index in [1.165, 1.54) is 0 Å². The molecule has 1 rings (SSSR count). The predicted molar refractivity (Wildman–Crippen MR) is 75.2 cm³/mol. The molecule has 1 aromatic carbocycles. The molecule has 106 valence electrons. The molecular formula is C15H23NO3. The molecule has 0 radical (unpaired) electrons. The largest absolute Gasteiger partial charge is 0.489 e. The Hall–Kier alpha value is -1.55. The molecule has 1 N–H and O–H groups in total. The van der Waals surface area contributed by atoms with Crippen LogP contribution in [0.1, 0.15) is 27.2 Å². The quantitative estimate of drug-likeness (QED) is 0.785. The topological polar surface area (TPSA) is 47.6 Å². The van der Waals surface area contributed by atoms with Gasteiger partial charge in [0.15, 0.2) is 0 Å². The maximum atomic E-state index is 11.5. The van der Waals surface area contributed by atoms with Crippen molar-refractivity contribution in [2.75, 3.05) is 13.2 Å². The Morgan fingerprint density at radius 2 is 1.89 bits per heavy atom. The van der Waals surface area contributed by atoms with E-state index in [-0.39, 0.29) is 18.1 Å². The van der Waals surface area contributed by atoms with Gasteiger partial charge in [-0.25, -0.2) is 0 Å². The van der Waals surface area contributed by atoms with Crippen molar-refractivity contribution in [1.29, 1.82) is 0 Å². The van der Waals surface area contributed by atoms with E-state index < -0.39 is 0 Å². The van der Waals surface area contributed by atoms with Crippen LogP contribution in [0.5, 0.6) is 5.75 Å². The number of hydrogen-bond donors (Lipinski definition) is 1. The Bertz CT molecular complexity index is 365. The summed E-state index contributed by atoms with van der Waals surface area (Å²) in [4.78, 5) is 11.5. The van der Waals surface area contributed by atoms with Crippen LogP contribution in [0.15, 0.2) is 30.3 Å². The highest BCUT2D eigenvalue weighted by molar-refractivity contribution is 5.75. The molecule has 4 heteroatoms. The number of carbonyl (C=O) groups excluding carboxylic acids is 1. The second-order valence-electron chi connectivity index (χ2n) is 4.72. The summed E-state index contributed by atoms with van der Waals surface area (Å²) in [5, 5.41) is 2.83. The van der Waals surface area contributed by atoms with Gasteiger partial charge in [-0.2, -0.15) is 0 Å². The Balaban J connectivity index is 2.16. The minimum absolute atomic E-state index is 0.0100. The SMILES string of the molecule is CC(C)OCCC(=O)NC[C@H](C)Oc1ccccc1. The zero-order valence-electron chi connectivity index (χ0n) is 11.9. The lowest BCUT2D eigenvalue weighted by Crippen LogP contribution is -2.34. The predicted octanol–water partition coefficient (Wildman–Crippen LogP) is 2.39. The standard InChI is InChI=1S/C15H23NO3/c1-12(2)18-10-9-15(17)16-11-13(3)19-14-7-5-4-6-8-14/h4-8,12-13H,9-11H2,1-3H3,(H,16,17)/t13-/m0/s1. The minimum Gasteiger partial charge on any atom is -0.489 e. The number of hydrogen-bond acceptors (Lipinski definition) is 3. The summed E-state index contributed by atoms with van der Waals surface area (Å²) >= 11 is 0. The van der Waals surface area contributed by atoms with Crippen LogP contribution in [0, 0.1) is 0 Å². The first-order valence-electron chi connectivity index (χ1n) is 6.68. The summed E-state index contributed by atoms with van der Waals surface area (Å²) in [6.45, 7) is 6.78. The third-order valence-electron chi connectivity index (χ3n) is 2.45. The second kappa shape index (κ2) is 8.53.